The van der Waals surface area contributed by atoms with E-state index >= 15 is 0 Å². The van der Waals surface area contributed by atoms with E-state index < -0.39 is 0 Å². The van der Waals surface area contributed by atoms with Gasteiger partial charge in [-0.05, 0) is 37.8 Å². The van der Waals surface area contributed by atoms with Gasteiger partial charge >= 0.3 is 0 Å². The predicted octanol–water partition coefficient (Wildman–Crippen LogP) is 2.13. The maximum absolute atomic E-state index is 4.60. The van der Waals surface area contributed by atoms with Gasteiger partial charge in [-0.2, -0.15) is 0 Å². The Bertz CT molecular complexity index is 468. The molecule has 2 heteroatoms. The van der Waals surface area contributed by atoms with E-state index in [2.05, 4.69) is 34.6 Å². The van der Waals surface area contributed by atoms with Crippen molar-refractivity contribution in [2.24, 2.45) is 0 Å². The molecule has 13 heavy (non-hydrogen) atoms. The Hall–Kier alpha value is -1.31. The molecule has 2 aromatic rings. The smallest absolute Gasteiger partial charge is 0.137 e. The molecular weight excluding hydrogens is 160 g/mol. The number of pyridine rings is 1. The van der Waals surface area contributed by atoms with Crippen molar-refractivity contribution >= 4 is 5.65 Å². The van der Waals surface area contributed by atoms with Crippen LogP contribution in [0.3, 0.4) is 0 Å². The molecule has 0 spiro atoms. The zero-order valence-electron chi connectivity index (χ0n) is 7.75. The second-order valence-corrected chi connectivity index (χ2v) is 3.79. The molecule has 1 aliphatic rings. The van der Waals surface area contributed by atoms with E-state index in [0.717, 1.165) is 12.1 Å². The quantitative estimate of drug-likeness (QED) is 0.595. The zero-order valence-corrected chi connectivity index (χ0v) is 7.75. The number of hydrogen-bond acceptors (Lipinski definition) is 1. The van der Waals surface area contributed by atoms with Crippen molar-refractivity contribution in [2.45, 2.75) is 26.2 Å². The Morgan fingerprint density at radius 1 is 1.31 bits per heavy atom. The van der Waals surface area contributed by atoms with Gasteiger partial charge in [-0.25, -0.2) is 4.98 Å². The van der Waals surface area contributed by atoms with Crippen LogP contribution in [0.1, 0.15) is 23.4 Å². The molecule has 2 aromatic heterocycles. The van der Waals surface area contributed by atoms with Crippen LogP contribution in [0.15, 0.2) is 18.3 Å². The monoisotopic (exact) mass is 172 g/mol. The lowest BCUT2D eigenvalue weighted by Crippen LogP contribution is -1.90. The SMILES string of the molecule is Cc1ccc2nc3c(n2c1)CCC3. The van der Waals surface area contributed by atoms with Crippen molar-refractivity contribution in [3.63, 3.8) is 0 Å². The Balaban J connectivity index is 2.40. The maximum Gasteiger partial charge on any atom is 0.137 e. The fourth-order valence-electron chi connectivity index (χ4n) is 2.14. The molecule has 2 heterocycles. The fourth-order valence-corrected chi connectivity index (χ4v) is 2.14. The van der Waals surface area contributed by atoms with Crippen LogP contribution in [0.4, 0.5) is 0 Å². The largest absolute Gasteiger partial charge is 0.304 e. The van der Waals surface area contributed by atoms with E-state index in [1.165, 1.54) is 29.8 Å². The number of rotatable bonds is 0. The zero-order chi connectivity index (χ0) is 8.84. The molecule has 66 valence electrons. The van der Waals surface area contributed by atoms with Crippen LogP contribution < -0.4 is 0 Å². The van der Waals surface area contributed by atoms with Crippen molar-refractivity contribution in [1.82, 2.24) is 9.38 Å². The molecule has 0 N–H and O–H groups in total. The van der Waals surface area contributed by atoms with Gasteiger partial charge in [0.25, 0.3) is 0 Å². The Kier molecular flexibility index (Phi) is 1.29. The van der Waals surface area contributed by atoms with Crippen molar-refractivity contribution in [3.8, 4) is 0 Å². The molecule has 0 bridgehead atoms. The highest BCUT2D eigenvalue weighted by Gasteiger charge is 2.16. The minimum Gasteiger partial charge on any atom is -0.304 e. The summed E-state index contributed by atoms with van der Waals surface area (Å²) in [5.41, 5.74) is 5.15. The summed E-state index contributed by atoms with van der Waals surface area (Å²) in [5, 5.41) is 0. The first-order valence-corrected chi connectivity index (χ1v) is 4.81. The third-order valence-electron chi connectivity index (χ3n) is 2.78. The summed E-state index contributed by atoms with van der Waals surface area (Å²) in [6, 6.07) is 4.23. The minimum atomic E-state index is 1.11. The van der Waals surface area contributed by atoms with Crippen LogP contribution in [0.25, 0.3) is 5.65 Å². The first-order chi connectivity index (χ1) is 6.34. The predicted molar refractivity (Wildman–Crippen MR) is 52.0 cm³/mol. The first-order valence-electron chi connectivity index (χ1n) is 4.81. The molecule has 0 unspecified atom stereocenters. The van der Waals surface area contributed by atoms with Crippen LogP contribution in [-0.4, -0.2) is 9.38 Å². The van der Waals surface area contributed by atoms with E-state index in [0.29, 0.717) is 0 Å². The summed E-state index contributed by atoms with van der Waals surface area (Å²) in [6.07, 6.45) is 5.82. The summed E-state index contributed by atoms with van der Waals surface area (Å²) in [7, 11) is 0. The van der Waals surface area contributed by atoms with Gasteiger partial charge in [0.05, 0.1) is 5.69 Å². The lowest BCUT2D eigenvalue weighted by Gasteiger charge is -1.98. The van der Waals surface area contributed by atoms with Crippen molar-refractivity contribution in [1.29, 1.82) is 0 Å². The van der Waals surface area contributed by atoms with Gasteiger partial charge < -0.3 is 4.40 Å². The Morgan fingerprint density at radius 2 is 2.23 bits per heavy atom. The first kappa shape index (κ1) is 7.13. The normalized spacial score (nSPS) is 15.2. The molecule has 0 saturated heterocycles. The van der Waals surface area contributed by atoms with E-state index in [1.807, 2.05) is 0 Å². The van der Waals surface area contributed by atoms with Gasteiger partial charge in [0.15, 0.2) is 0 Å². The van der Waals surface area contributed by atoms with Crippen molar-refractivity contribution < 1.29 is 0 Å². The second-order valence-electron chi connectivity index (χ2n) is 3.79. The fraction of sp³-hybridized carbons (Fsp3) is 0.364. The number of imidazole rings is 1. The third kappa shape index (κ3) is 0.916. The van der Waals surface area contributed by atoms with Crippen molar-refractivity contribution in [3.05, 3.63) is 35.3 Å². The van der Waals surface area contributed by atoms with Crippen LogP contribution in [0.5, 0.6) is 0 Å². The van der Waals surface area contributed by atoms with Gasteiger partial charge in [0, 0.05) is 11.9 Å². The highest BCUT2D eigenvalue weighted by atomic mass is 15.0. The summed E-state index contributed by atoms with van der Waals surface area (Å²) in [6.45, 7) is 2.13. The molecule has 0 aliphatic heterocycles. The summed E-state index contributed by atoms with van der Waals surface area (Å²) in [4.78, 5) is 4.60. The lowest BCUT2D eigenvalue weighted by molar-refractivity contribution is 0.868. The molecule has 0 atom stereocenters. The topological polar surface area (TPSA) is 17.3 Å². The van der Waals surface area contributed by atoms with Gasteiger partial charge in [-0.15, -0.1) is 0 Å². The van der Waals surface area contributed by atoms with E-state index in [4.69, 9.17) is 0 Å². The number of aromatic nitrogens is 2. The molecule has 1 aliphatic carbocycles. The molecule has 0 amide bonds. The average Bonchev–Trinajstić information content (AvgIpc) is 2.64. The van der Waals surface area contributed by atoms with E-state index in [1.54, 1.807) is 0 Å². The highest BCUT2D eigenvalue weighted by molar-refractivity contribution is 5.45. The minimum absolute atomic E-state index is 1.11. The molecule has 0 fully saturated rings. The third-order valence-corrected chi connectivity index (χ3v) is 2.78. The Labute approximate surface area is 77.2 Å². The van der Waals surface area contributed by atoms with E-state index in [-0.39, 0.29) is 0 Å². The summed E-state index contributed by atoms with van der Waals surface area (Å²) in [5.74, 6) is 0. The average molecular weight is 172 g/mol. The molecule has 0 radical (unpaired) electrons. The lowest BCUT2D eigenvalue weighted by atomic mass is 10.3. The number of nitrogens with zero attached hydrogens (tertiary/aromatic N) is 2. The molecular formula is C11H12N2. The summed E-state index contributed by atoms with van der Waals surface area (Å²) >= 11 is 0. The molecule has 3 rings (SSSR count). The standard InChI is InChI=1S/C11H12N2/c1-8-5-6-11-12-9-3-2-4-10(9)13(11)7-8/h5-7H,2-4H2,1H3. The van der Waals surface area contributed by atoms with Gasteiger partial charge in [-0.1, -0.05) is 6.07 Å². The van der Waals surface area contributed by atoms with Crippen LogP contribution >= 0.6 is 0 Å². The Morgan fingerprint density at radius 3 is 3.15 bits per heavy atom. The van der Waals surface area contributed by atoms with Gasteiger partial charge in [0.2, 0.25) is 0 Å². The van der Waals surface area contributed by atoms with Crippen LogP contribution in [0, 0.1) is 6.92 Å². The number of fused-ring (bicyclic) bond motifs is 3. The maximum atomic E-state index is 4.60. The number of hydrogen-bond donors (Lipinski definition) is 0. The number of aryl methyl sites for hydroxylation is 3. The molecule has 0 aromatic carbocycles. The second kappa shape index (κ2) is 2.34. The van der Waals surface area contributed by atoms with Crippen LogP contribution in [-0.2, 0) is 12.8 Å². The van der Waals surface area contributed by atoms with E-state index in [9.17, 15) is 0 Å². The van der Waals surface area contributed by atoms with Crippen LogP contribution in [0.2, 0.25) is 0 Å². The van der Waals surface area contributed by atoms with Gasteiger partial charge in [-0.3, -0.25) is 0 Å². The summed E-state index contributed by atoms with van der Waals surface area (Å²) < 4.78 is 2.25. The van der Waals surface area contributed by atoms with Crippen molar-refractivity contribution in [2.75, 3.05) is 0 Å². The van der Waals surface area contributed by atoms with Gasteiger partial charge in [0.1, 0.15) is 5.65 Å². The highest BCUT2D eigenvalue weighted by Crippen LogP contribution is 2.22. The molecule has 2 nitrogen and oxygen atoms in total. The molecule has 0 saturated carbocycles.